The average Bonchev–Trinajstić information content (AvgIpc) is 3.78. The van der Waals surface area contributed by atoms with E-state index in [2.05, 4.69) is 30.7 Å². The quantitative estimate of drug-likeness (QED) is 0.130. The number of ether oxygens (including phenoxy) is 4. The summed E-state index contributed by atoms with van der Waals surface area (Å²) in [5, 5.41) is 0. The summed E-state index contributed by atoms with van der Waals surface area (Å²) in [4.78, 5) is 33.6. The predicted molar refractivity (Wildman–Crippen MR) is 194 cm³/mol. The van der Waals surface area contributed by atoms with Crippen LogP contribution in [0.1, 0.15) is 50.1 Å². The van der Waals surface area contributed by atoms with Crippen molar-refractivity contribution in [2.24, 2.45) is 0 Å². The van der Waals surface area contributed by atoms with Gasteiger partial charge in [-0.15, -0.1) is 0 Å². The largest absolute Gasteiger partial charge is 0.810 e. The van der Waals surface area contributed by atoms with E-state index in [1.807, 2.05) is 78.9 Å². The molecule has 0 aliphatic carbocycles. The third-order valence-corrected chi connectivity index (χ3v) is 9.68. The molecule has 2 aromatic heterocycles. The van der Waals surface area contributed by atoms with Gasteiger partial charge in [-0.2, -0.15) is 9.97 Å². The Morgan fingerprint density at radius 2 is 1.45 bits per heavy atom. The van der Waals surface area contributed by atoms with Crippen LogP contribution in [0.25, 0.3) is 5.78 Å². The topological polar surface area (TPSA) is 152 Å². The molecule has 1 fully saturated rings. The number of nitrogens with two attached hydrogens (primary N) is 1. The molecule has 5 aromatic rings. The van der Waals surface area contributed by atoms with Crippen LogP contribution in [0, 0.1) is 0 Å². The van der Waals surface area contributed by atoms with Gasteiger partial charge < -0.3 is 39.0 Å². The number of nitrogens with zero attached hydrogens (tertiary/aromatic N) is 4. The van der Waals surface area contributed by atoms with E-state index in [0.717, 1.165) is 16.7 Å². The number of anilines is 1. The molecule has 3 N–H and O–H groups in total. The number of quaternary nitrogens is 1. The SMILES string of the molecule is CC[NH+](CC)CC.COc1ccc(C(OC[C@H]2O[C@@H](n3ccn4c(=O)nc(N)nc34)C[C@@H]2OP[O-])(c2ccccc2)c2ccc(OC)cc2)cc1. The van der Waals surface area contributed by atoms with E-state index < -0.39 is 38.8 Å². The van der Waals surface area contributed by atoms with Gasteiger partial charge in [0.05, 0.1) is 46.6 Å². The van der Waals surface area contributed by atoms with E-state index in [1.165, 1.54) is 24.0 Å². The molecule has 0 saturated carbocycles. The molecule has 1 unspecified atom stereocenters. The number of rotatable bonds is 14. The fourth-order valence-electron chi connectivity index (χ4n) is 6.40. The van der Waals surface area contributed by atoms with Crippen LogP contribution in [-0.2, 0) is 19.6 Å². The number of fused-ring (bicyclic) bond motifs is 1. The maximum absolute atomic E-state index is 12.3. The minimum Gasteiger partial charge on any atom is -0.810 e. The minimum absolute atomic E-state index is 0.0644. The van der Waals surface area contributed by atoms with Crippen molar-refractivity contribution in [2.75, 3.05) is 46.2 Å². The third kappa shape index (κ3) is 8.41. The first-order valence-corrected chi connectivity index (χ1v) is 17.9. The Hall–Kier alpha value is -4.36. The van der Waals surface area contributed by atoms with Gasteiger partial charge in [0.15, 0.2) is 0 Å². The Labute approximate surface area is 299 Å². The smallest absolute Gasteiger partial charge is 0.357 e. The van der Waals surface area contributed by atoms with Crippen LogP contribution in [0.2, 0.25) is 0 Å². The Kier molecular flexibility index (Phi) is 13.2. The van der Waals surface area contributed by atoms with Crippen LogP contribution in [0.5, 0.6) is 11.5 Å². The second-order valence-corrected chi connectivity index (χ2v) is 12.4. The number of nitrogen functional groups attached to an aromatic ring is 1. The van der Waals surface area contributed by atoms with E-state index in [4.69, 9.17) is 29.2 Å². The zero-order valence-corrected chi connectivity index (χ0v) is 30.7. The van der Waals surface area contributed by atoms with E-state index >= 15 is 0 Å². The first-order chi connectivity index (χ1) is 24.8. The van der Waals surface area contributed by atoms with Crippen LogP contribution in [0.4, 0.5) is 5.95 Å². The summed E-state index contributed by atoms with van der Waals surface area (Å²) in [6.07, 6.45) is 1.73. The first kappa shape index (κ1) is 37.9. The molecule has 1 aliphatic rings. The third-order valence-electron chi connectivity index (χ3n) is 9.28. The molecule has 1 saturated heterocycles. The summed E-state index contributed by atoms with van der Waals surface area (Å²) < 4.78 is 32.9. The Morgan fingerprint density at radius 1 is 0.882 bits per heavy atom. The second kappa shape index (κ2) is 17.7. The van der Waals surface area contributed by atoms with Crippen molar-refractivity contribution in [1.29, 1.82) is 0 Å². The number of nitrogens with one attached hydrogen (secondary N) is 1. The molecule has 3 aromatic carbocycles. The van der Waals surface area contributed by atoms with Gasteiger partial charge in [0.1, 0.15) is 29.4 Å². The zero-order valence-electron chi connectivity index (χ0n) is 29.7. The highest BCUT2D eigenvalue weighted by Gasteiger charge is 2.43. The van der Waals surface area contributed by atoms with Gasteiger partial charge in [0.2, 0.25) is 11.7 Å². The summed E-state index contributed by atoms with van der Waals surface area (Å²) in [6, 6.07) is 25.3. The van der Waals surface area contributed by atoms with E-state index in [0.29, 0.717) is 17.9 Å². The highest BCUT2D eigenvalue weighted by Crippen LogP contribution is 2.43. The van der Waals surface area contributed by atoms with Crippen LogP contribution < -0.4 is 30.7 Å². The van der Waals surface area contributed by atoms with Crippen LogP contribution in [0.15, 0.2) is 96.1 Å². The number of methoxy groups -OCH3 is 2. The van der Waals surface area contributed by atoms with Gasteiger partial charge in [-0.05, 0) is 61.7 Å². The molecule has 4 atom stereocenters. The fraction of sp³-hybridized carbons (Fsp3) is 0.378. The summed E-state index contributed by atoms with van der Waals surface area (Å²) >= 11 is 0. The van der Waals surface area contributed by atoms with Gasteiger partial charge in [0, 0.05) is 18.8 Å². The molecule has 6 rings (SSSR count). The lowest BCUT2D eigenvalue weighted by Gasteiger charge is -2.37. The van der Waals surface area contributed by atoms with Gasteiger partial charge in [0.25, 0.3) is 0 Å². The molecule has 1 aliphatic heterocycles. The molecule has 0 amide bonds. The van der Waals surface area contributed by atoms with E-state index in [9.17, 15) is 9.69 Å². The van der Waals surface area contributed by atoms with Crippen molar-refractivity contribution in [3.63, 3.8) is 0 Å². The summed E-state index contributed by atoms with van der Waals surface area (Å²) in [5.74, 6) is 1.54. The van der Waals surface area contributed by atoms with E-state index in [1.54, 1.807) is 36.1 Å². The molecule has 272 valence electrons. The molecule has 14 heteroatoms. The summed E-state index contributed by atoms with van der Waals surface area (Å²) in [5.41, 5.74) is 6.73. The van der Waals surface area contributed by atoms with Gasteiger partial charge in [-0.25, -0.2) is 9.20 Å². The molecule has 51 heavy (non-hydrogen) atoms. The lowest BCUT2D eigenvalue weighted by atomic mass is 9.80. The molecule has 13 nitrogen and oxygen atoms in total. The molecule has 0 radical (unpaired) electrons. The Balaban J connectivity index is 0.000000654. The van der Waals surface area contributed by atoms with Gasteiger partial charge >= 0.3 is 5.69 Å². The van der Waals surface area contributed by atoms with Gasteiger partial charge in [-0.1, -0.05) is 63.6 Å². The van der Waals surface area contributed by atoms with Crippen molar-refractivity contribution in [2.45, 2.75) is 51.2 Å². The zero-order chi connectivity index (χ0) is 36.4. The lowest BCUT2D eigenvalue weighted by Crippen LogP contribution is -3.11. The monoisotopic (exact) mass is 718 g/mol. The maximum atomic E-state index is 12.3. The molecular formula is C37H47N6O7P. The highest BCUT2D eigenvalue weighted by atomic mass is 31.1. The van der Waals surface area contributed by atoms with Crippen molar-refractivity contribution in [1.82, 2.24) is 18.9 Å². The molecule has 0 spiro atoms. The Morgan fingerprint density at radius 3 is 1.96 bits per heavy atom. The standard InChI is InChI=1S/C31H31N5O7P.C6H15N/c1-39-23-12-8-21(9-13-23)31(20-6-4-3-5-7-20,22-10-14-24(40-2)15-11-22)41-19-26-25(43-44-38)18-27(42-26)35-16-17-36-29(35)33-28(32)34-30(36)37;1-4-7(5-2)6-3/h3-17,25-27,44H,18-19H2,1-2H3,(H2,32,34,37);4-6H2,1-3H3/q-1;/p+1/t25-,26+,27+;/m0./s1. The number of benzene rings is 3. The normalized spacial score (nSPS) is 17.6. The molecule has 0 bridgehead atoms. The average molecular weight is 719 g/mol. The van der Waals surface area contributed by atoms with Crippen LogP contribution in [-0.4, -0.2) is 71.6 Å². The number of imidazole rings is 1. The lowest BCUT2D eigenvalue weighted by molar-refractivity contribution is -0.894. The second-order valence-electron chi connectivity index (χ2n) is 12.0. The van der Waals surface area contributed by atoms with Crippen LogP contribution >= 0.6 is 9.03 Å². The van der Waals surface area contributed by atoms with Crippen molar-refractivity contribution >= 4 is 20.8 Å². The maximum Gasteiger partial charge on any atom is 0.357 e. The molecular weight excluding hydrogens is 671 g/mol. The summed E-state index contributed by atoms with van der Waals surface area (Å²) in [7, 11) is 2.23. The fourth-order valence-corrected chi connectivity index (χ4v) is 6.77. The van der Waals surface area contributed by atoms with Crippen molar-refractivity contribution < 1.29 is 33.3 Å². The van der Waals surface area contributed by atoms with Crippen molar-refractivity contribution in [3.8, 4) is 11.5 Å². The number of hydrogen-bond acceptors (Lipinski definition) is 10. The predicted octanol–water partition coefficient (Wildman–Crippen LogP) is 2.97. The molecule has 3 heterocycles. The highest BCUT2D eigenvalue weighted by molar-refractivity contribution is 7.23. The first-order valence-electron chi connectivity index (χ1n) is 17.0. The van der Waals surface area contributed by atoms with Gasteiger partial charge in [-0.3, -0.25) is 4.57 Å². The number of hydrogen-bond donors (Lipinski definition) is 2. The van der Waals surface area contributed by atoms with Crippen molar-refractivity contribution in [3.05, 3.63) is 118 Å². The minimum atomic E-state index is -1.08. The van der Waals surface area contributed by atoms with E-state index in [-0.39, 0.29) is 18.3 Å². The number of aromatic nitrogens is 4. The van der Waals surface area contributed by atoms with Crippen LogP contribution in [0.3, 0.4) is 0 Å². The summed E-state index contributed by atoms with van der Waals surface area (Å²) in [6.45, 7) is 10.6. The Bertz CT molecular complexity index is 1810.